The van der Waals surface area contributed by atoms with Crippen LogP contribution >= 0.6 is 0 Å². The molecule has 0 atom stereocenters. The van der Waals surface area contributed by atoms with Gasteiger partial charge in [0.25, 0.3) is 0 Å². The molecule has 1 aliphatic rings. The molecule has 1 heterocycles. The average molecular weight is 314 g/mol. The Morgan fingerprint density at radius 2 is 2.14 bits per heavy atom. The van der Waals surface area contributed by atoms with Crippen LogP contribution in [0.15, 0.2) is 17.2 Å². The zero-order chi connectivity index (χ0) is 15.5. The average Bonchev–Trinajstić information content (AvgIpc) is 3.14. The number of rotatable bonds is 9. The van der Waals surface area contributed by atoms with Gasteiger partial charge < -0.3 is 15.2 Å². The van der Waals surface area contributed by atoms with E-state index in [9.17, 15) is 8.42 Å². The van der Waals surface area contributed by atoms with Gasteiger partial charge >= 0.3 is 0 Å². The minimum atomic E-state index is -3.41. The summed E-state index contributed by atoms with van der Waals surface area (Å²) in [5.74, 6) is 0. The molecule has 0 unspecified atom stereocenters. The molecule has 0 radical (unpaired) electrons. The quantitative estimate of drug-likeness (QED) is 0.632. The molecule has 0 spiro atoms. The first-order chi connectivity index (χ1) is 9.88. The third-order valence-corrected chi connectivity index (χ3v) is 5.09. The number of hydrogen-bond donors (Lipinski definition) is 3. The van der Waals surface area contributed by atoms with Crippen molar-refractivity contribution in [1.82, 2.24) is 19.9 Å². The van der Waals surface area contributed by atoms with Crippen molar-refractivity contribution in [3.8, 4) is 0 Å². The van der Waals surface area contributed by atoms with Crippen molar-refractivity contribution in [3.63, 3.8) is 0 Å². The van der Waals surface area contributed by atoms with Gasteiger partial charge in [0.05, 0.1) is 4.90 Å². The molecule has 1 aliphatic carbocycles. The Hall–Kier alpha value is -0.890. The Balaban J connectivity index is 1.83. The molecule has 1 aromatic heterocycles. The number of H-pyrrole nitrogens is 1. The monoisotopic (exact) mass is 314 g/mol. The fraction of sp³-hybridized carbons (Fsp3) is 0.714. The molecule has 0 saturated heterocycles. The predicted octanol–water partition coefficient (Wildman–Crippen LogP) is 0.885. The van der Waals surface area contributed by atoms with Crippen molar-refractivity contribution in [3.05, 3.63) is 18.0 Å². The number of nitrogens with zero attached hydrogens (tertiary/aromatic N) is 1. The van der Waals surface area contributed by atoms with Crippen LogP contribution in [0.5, 0.6) is 0 Å². The molecule has 2 rings (SSSR count). The van der Waals surface area contributed by atoms with Crippen LogP contribution in [0.2, 0.25) is 0 Å². The lowest BCUT2D eigenvalue weighted by Crippen LogP contribution is -2.33. The Labute approximate surface area is 127 Å². The maximum absolute atomic E-state index is 12.2. The number of sulfonamides is 1. The summed E-state index contributed by atoms with van der Waals surface area (Å²) in [4.78, 5) is 5.51. The lowest BCUT2D eigenvalue weighted by molar-refractivity contribution is 0.329. The summed E-state index contributed by atoms with van der Waals surface area (Å²) in [6.07, 6.45) is 4.00. The Morgan fingerprint density at radius 3 is 2.76 bits per heavy atom. The van der Waals surface area contributed by atoms with Crippen LogP contribution in [-0.4, -0.2) is 50.5 Å². The zero-order valence-electron chi connectivity index (χ0n) is 13.0. The van der Waals surface area contributed by atoms with E-state index in [4.69, 9.17) is 0 Å². The van der Waals surface area contributed by atoms with Crippen LogP contribution in [0.3, 0.4) is 0 Å². The highest BCUT2D eigenvalue weighted by Gasteiger charge is 2.26. The number of likely N-dealkylation sites (N-methyl/N-ethyl adjacent to an activating group) is 1. The van der Waals surface area contributed by atoms with Crippen LogP contribution in [-0.2, 0) is 16.6 Å². The minimum Gasteiger partial charge on any atom is -0.363 e. The van der Waals surface area contributed by atoms with E-state index in [2.05, 4.69) is 33.8 Å². The molecule has 6 nitrogen and oxygen atoms in total. The first kappa shape index (κ1) is 16.5. The standard InChI is InChI=1S/C14H26N4O2S/c1-11(2)15-9-12-8-14(10-16-12)21(19,20)17-6-7-18(3)13-4-5-13/h8,10-11,13,15-17H,4-7,9H2,1-3H3. The molecule has 0 bridgehead atoms. The van der Waals surface area contributed by atoms with Gasteiger partial charge in [-0.25, -0.2) is 13.1 Å². The predicted molar refractivity (Wildman–Crippen MR) is 83.6 cm³/mol. The minimum absolute atomic E-state index is 0.303. The molecule has 3 N–H and O–H groups in total. The maximum Gasteiger partial charge on any atom is 0.242 e. The van der Waals surface area contributed by atoms with Gasteiger partial charge in [-0.1, -0.05) is 13.8 Å². The molecule has 1 fully saturated rings. The van der Waals surface area contributed by atoms with Crippen molar-refractivity contribution in [2.75, 3.05) is 20.1 Å². The van der Waals surface area contributed by atoms with E-state index >= 15 is 0 Å². The van der Waals surface area contributed by atoms with Gasteiger partial charge in [0.15, 0.2) is 0 Å². The van der Waals surface area contributed by atoms with E-state index in [1.165, 1.54) is 12.8 Å². The molecule has 0 aromatic carbocycles. The number of nitrogens with one attached hydrogen (secondary N) is 3. The van der Waals surface area contributed by atoms with Crippen molar-refractivity contribution < 1.29 is 8.42 Å². The van der Waals surface area contributed by atoms with Gasteiger partial charge in [-0.3, -0.25) is 0 Å². The second-order valence-electron chi connectivity index (χ2n) is 6.01. The summed E-state index contributed by atoms with van der Waals surface area (Å²) in [6, 6.07) is 2.70. The van der Waals surface area contributed by atoms with Crippen molar-refractivity contribution in [2.24, 2.45) is 0 Å². The lowest BCUT2D eigenvalue weighted by atomic mass is 10.3. The van der Waals surface area contributed by atoms with E-state index in [1.54, 1.807) is 12.3 Å². The number of aromatic amines is 1. The van der Waals surface area contributed by atoms with Gasteiger partial charge in [0, 0.05) is 43.6 Å². The van der Waals surface area contributed by atoms with Gasteiger partial charge in [-0.05, 0) is 26.0 Å². The molecule has 120 valence electrons. The van der Waals surface area contributed by atoms with Crippen LogP contribution < -0.4 is 10.0 Å². The lowest BCUT2D eigenvalue weighted by Gasteiger charge is -2.15. The molecule has 0 aliphatic heterocycles. The van der Waals surface area contributed by atoms with E-state index in [0.29, 0.717) is 30.1 Å². The van der Waals surface area contributed by atoms with Crippen molar-refractivity contribution >= 4 is 10.0 Å². The fourth-order valence-electron chi connectivity index (χ4n) is 2.13. The number of aromatic nitrogens is 1. The molecule has 1 aromatic rings. The Kier molecular flexibility index (Phi) is 5.43. The smallest absolute Gasteiger partial charge is 0.242 e. The maximum atomic E-state index is 12.2. The van der Waals surface area contributed by atoms with Crippen LogP contribution in [0.1, 0.15) is 32.4 Å². The second kappa shape index (κ2) is 6.91. The summed E-state index contributed by atoms with van der Waals surface area (Å²) in [5.41, 5.74) is 0.874. The molecule has 7 heteroatoms. The normalized spacial score (nSPS) is 16.0. The first-order valence-corrected chi connectivity index (χ1v) is 8.97. The van der Waals surface area contributed by atoms with Crippen LogP contribution in [0, 0.1) is 0 Å². The Morgan fingerprint density at radius 1 is 1.43 bits per heavy atom. The molecule has 21 heavy (non-hydrogen) atoms. The highest BCUT2D eigenvalue weighted by Crippen LogP contribution is 2.24. The summed E-state index contributed by atoms with van der Waals surface area (Å²) in [7, 11) is -1.38. The van der Waals surface area contributed by atoms with Crippen molar-refractivity contribution in [1.29, 1.82) is 0 Å². The molecular weight excluding hydrogens is 288 g/mol. The van der Waals surface area contributed by atoms with Gasteiger partial charge in [-0.15, -0.1) is 0 Å². The zero-order valence-corrected chi connectivity index (χ0v) is 13.8. The number of hydrogen-bond acceptors (Lipinski definition) is 4. The van der Waals surface area contributed by atoms with Crippen LogP contribution in [0.4, 0.5) is 0 Å². The largest absolute Gasteiger partial charge is 0.363 e. The van der Waals surface area contributed by atoms with Gasteiger partial charge in [0.2, 0.25) is 10.0 Å². The van der Waals surface area contributed by atoms with E-state index in [-0.39, 0.29) is 0 Å². The Bertz CT molecular complexity index is 549. The summed E-state index contributed by atoms with van der Waals surface area (Å²) >= 11 is 0. The first-order valence-electron chi connectivity index (χ1n) is 7.49. The van der Waals surface area contributed by atoms with E-state index in [0.717, 1.165) is 12.2 Å². The highest BCUT2D eigenvalue weighted by molar-refractivity contribution is 7.89. The van der Waals surface area contributed by atoms with E-state index in [1.807, 2.05) is 7.05 Å². The van der Waals surface area contributed by atoms with E-state index < -0.39 is 10.0 Å². The third kappa shape index (κ3) is 5.10. The van der Waals surface area contributed by atoms with Crippen molar-refractivity contribution in [2.45, 2.75) is 50.2 Å². The molecule has 0 amide bonds. The third-order valence-electron chi connectivity index (χ3n) is 3.65. The highest BCUT2D eigenvalue weighted by atomic mass is 32.2. The summed E-state index contributed by atoms with van der Waals surface area (Å²) < 4.78 is 27.0. The molecular formula is C14H26N4O2S. The summed E-state index contributed by atoms with van der Waals surface area (Å²) in [5, 5.41) is 3.25. The van der Waals surface area contributed by atoms with Gasteiger partial charge in [0.1, 0.15) is 0 Å². The van der Waals surface area contributed by atoms with Crippen LogP contribution in [0.25, 0.3) is 0 Å². The second-order valence-corrected chi connectivity index (χ2v) is 7.77. The van der Waals surface area contributed by atoms with Gasteiger partial charge in [-0.2, -0.15) is 0 Å². The topological polar surface area (TPSA) is 77.2 Å². The summed E-state index contributed by atoms with van der Waals surface area (Å²) in [6.45, 7) is 5.94. The fourth-order valence-corrected chi connectivity index (χ4v) is 3.17. The SMILES string of the molecule is CC(C)NCc1cc(S(=O)(=O)NCCN(C)C2CC2)c[nH]1. The molecule has 1 saturated carbocycles.